The van der Waals surface area contributed by atoms with E-state index < -0.39 is 0 Å². The van der Waals surface area contributed by atoms with Crippen molar-refractivity contribution in [3.05, 3.63) is 71.4 Å². The van der Waals surface area contributed by atoms with Gasteiger partial charge >= 0.3 is 0 Å². The van der Waals surface area contributed by atoms with Crippen LogP contribution in [0, 0.1) is 0 Å². The monoisotopic (exact) mass is 255 g/mol. The summed E-state index contributed by atoms with van der Waals surface area (Å²) in [6.45, 7) is 0. The standard InChI is InChI=1S/C15H10ClNO/c16-13-7-4-8-14-12(13)9-10-17(14)15(18)11-5-2-1-3-6-11/h1-10H. The lowest BCUT2D eigenvalue weighted by Crippen LogP contribution is -2.10. The van der Waals surface area contributed by atoms with Crippen molar-refractivity contribution in [2.45, 2.75) is 0 Å². The van der Waals surface area contributed by atoms with Crippen LogP contribution in [0.1, 0.15) is 10.4 Å². The molecule has 0 unspecified atom stereocenters. The SMILES string of the molecule is O=C(c1ccccc1)n1ccc2c(Cl)cccc21. The van der Waals surface area contributed by atoms with E-state index in [0.29, 0.717) is 10.6 Å². The van der Waals surface area contributed by atoms with Crippen LogP contribution < -0.4 is 0 Å². The lowest BCUT2D eigenvalue weighted by atomic mass is 10.2. The summed E-state index contributed by atoms with van der Waals surface area (Å²) in [5.41, 5.74) is 1.49. The minimum absolute atomic E-state index is 0.0483. The minimum Gasteiger partial charge on any atom is -0.283 e. The van der Waals surface area contributed by atoms with Crippen LogP contribution in [-0.4, -0.2) is 10.5 Å². The highest BCUT2D eigenvalue weighted by Crippen LogP contribution is 2.24. The number of benzene rings is 2. The van der Waals surface area contributed by atoms with Gasteiger partial charge in [-0.15, -0.1) is 0 Å². The predicted molar refractivity (Wildman–Crippen MR) is 73.1 cm³/mol. The second-order valence-electron chi connectivity index (χ2n) is 4.03. The second kappa shape index (κ2) is 4.31. The lowest BCUT2D eigenvalue weighted by Gasteiger charge is -2.04. The van der Waals surface area contributed by atoms with Gasteiger partial charge in [-0.1, -0.05) is 35.9 Å². The van der Waals surface area contributed by atoms with Gasteiger partial charge in [-0.25, -0.2) is 0 Å². The van der Waals surface area contributed by atoms with Gasteiger partial charge in [0.2, 0.25) is 0 Å². The third-order valence-corrected chi connectivity index (χ3v) is 3.25. The topological polar surface area (TPSA) is 22.0 Å². The maximum Gasteiger partial charge on any atom is 0.262 e. The number of hydrogen-bond acceptors (Lipinski definition) is 1. The first-order chi connectivity index (χ1) is 8.77. The molecule has 0 bridgehead atoms. The molecule has 88 valence electrons. The van der Waals surface area contributed by atoms with Crippen molar-refractivity contribution in [1.29, 1.82) is 0 Å². The minimum atomic E-state index is -0.0483. The Morgan fingerprint density at radius 2 is 1.72 bits per heavy atom. The molecule has 0 radical (unpaired) electrons. The molecule has 0 aliphatic carbocycles. The van der Waals surface area contributed by atoms with Crippen LogP contribution in [0.25, 0.3) is 10.9 Å². The molecular weight excluding hydrogens is 246 g/mol. The lowest BCUT2D eigenvalue weighted by molar-refractivity contribution is 0.0965. The highest BCUT2D eigenvalue weighted by atomic mass is 35.5. The molecule has 0 aliphatic rings. The number of aromatic nitrogens is 1. The summed E-state index contributed by atoms with van der Waals surface area (Å²) >= 11 is 6.10. The Morgan fingerprint density at radius 1 is 0.944 bits per heavy atom. The van der Waals surface area contributed by atoms with E-state index in [9.17, 15) is 4.79 Å². The molecule has 0 fully saturated rings. The molecule has 3 aromatic rings. The van der Waals surface area contributed by atoms with Crippen molar-refractivity contribution in [3.63, 3.8) is 0 Å². The van der Waals surface area contributed by atoms with Crippen LogP contribution in [0.2, 0.25) is 5.02 Å². The molecule has 0 N–H and O–H groups in total. The molecule has 2 aromatic carbocycles. The largest absolute Gasteiger partial charge is 0.283 e. The number of hydrogen-bond donors (Lipinski definition) is 0. The van der Waals surface area contributed by atoms with E-state index in [0.717, 1.165) is 10.9 Å². The summed E-state index contributed by atoms with van der Waals surface area (Å²) in [4.78, 5) is 12.4. The van der Waals surface area contributed by atoms with Gasteiger partial charge in [-0.05, 0) is 30.3 Å². The Kier molecular flexibility index (Phi) is 2.65. The predicted octanol–water partition coefficient (Wildman–Crippen LogP) is 3.98. The van der Waals surface area contributed by atoms with Crippen LogP contribution in [0.3, 0.4) is 0 Å². The first-order valence-electron chi connectivity index (χ1n) is 5.63. The van der Waals surface area contributed by atoms with Crippen LogP contribution in [0.5, 0.6) is 0 Å². The van der Waals surface area contributed by atoms with Gasteiger partial charge in [0.15, 0.2) is 0 Å². The van der Waals surface area contributed by atoms with Gasteiger partial charge < -0.3 is 0 Å². The highest BCUT2D eigenvalue weighted by Gasteiger charge is 2.11. The molecule has 0 spiro atoms. The van der Waals surface area contributed by atoms with Gasteiger partial charge in [0.1, 0.15) is 0 Å². The third kappa shape index (κ3) is 1.71. The van der Waals surface area contributed by atoms with E-state index in [1.807, 2.05) is 42.5 Å². The summed E-state index contributed by atoms with van der Waals surface area (Å²) in [5, 5.41) is 1.55. The van der Waals surface area contributed by atoms with Crippen molar-refractivity contribution in [2.24, 2.45) is 0 Å². The molecule has 3 heteroatoms. The van der Waals surface area contributed by atoms with E-state index >= 15 is 0 Å². The molecular formula is C15H10ClNO. The summed E-state index contributed by atoms with van der Waals surface area (Å²) in [7, 11) is 0. The van der Waals surface area contributed by atoms with Crippen molar-refractivity contribution < 1.29 is 4.79 Å². The van der Waals surface area contributed by atoms with E-state index in [-0.39, 0.29) is 5.91 Å². The Balaban J connectivity index is 2.16. The van der Waals surface area contributed by atoms with Crippen molar-refractivity contribution in [1.82, 2.24) is 4.57 Å². The van der Waals surface area contributed by atoms with Gasteiger partial charge in [-0.3, -0.25) is 9.36 Å². The zero-order valence-electron chi connectivity index (χ0n) is 9.51. The third-order valence-electron chi connectivity index (χ3n) is 2.92. The Bertz CT molecular complexity index is 716. The van der Waals surface area contributed by atoms with E-state index in [2.05, 4.69) is 0 Å². The van der Waals surface area contributed by atoms with Crippen molar-refractivity contribution in [2.75, 3.05) is 0 Å². The Labute approximate surface area is 109 Å². The van der Waals surface area contributed by atoms with E-state index in [1.54, 1.807) is 22.9 Å². The average Bonchev–Trinajstić information content (AvgIpc) is 2.84. The van der Waals surface area contributed by atoms with Gasteiger partial charge in [0, 0.05) is 22.2 Å². The summed E-state index contributed by atoms with van der Waals surface area (Å²) in [5.74, 6) is -0.0483. The van der Waals surface area contributed by atoms with E-state index in [4.69, 9.17) is 11.6 Å². The fourth-order valence-corrected chi connectivity index (χ4v) is 2.26. The fourth-order valence-electron chi connectivity index (χ4n) is 2.03. The Hall–Kier alpha value is -2.06. The molecule has 0 atom stereocenters. The quantitative estimate of drug-likeness (QED) is 0.645. The first kappa shape index (κ1) is 11.1. The van der Waals surface area contributed by atoms with Crippen molar-refractivity contribution >= 4 is 28.4 Å². The molecule has 0 aliphatic heterocycles. The first-order valence-corrected chi connectivity index (χ1v) is 6.00. The van der Waals surface area contributed by atoms with Crippen LogP contribution in [-0.2, 0) is 0 Å². The molecule has 2 nitrogen and oxygen atoms in total. The molecule has 18 heavy (non-hydrogen) atoms. The molecule has 0 saturated carbocycles. The average molecular weight is 256 g/mol. The molecule has 0 amide bonds. The second-order valence-corrected chi connectivity index (χ2v) is 4.44. The maximum atomic E-state index is 12.4. The summed E-state index contributed by atoms with van der Waals surface area (Å²) < 4.78 is 1.62. The van der Waals surface area contributed by atoms with Crippen molar-refractivity contribution in [3.8, 4) is 0 Å². The smallest absolute Gasteiger partial charge is 0.262 e. The summed E-state index contributed by atoms with van der Waals surface area (Å²) in [6, 6.07) is 16.6. The van der Waals surface area contributed by atoms with Gasteiger partial charge in [-0.2, -0.15) is 0 Å². The normalized spacial score (nSPS) is 10.7. The summed E-state index contributed by atoms with van der Waals surface area (Å²) in [6.07, 6.45) is 1.76. The molecule has 3 rings (SSSR count). The zero-order valence-corrected chi connectivity index (χ0v) is 10.3. The molecule has 1 aromatic heterocycles. The van der Waals surface area contributed by atoms with Crippen LogP contribution in [0.15, 0.2) is 60.8 Å². The van der Waals surface area contributed by atoms with Crippen LogP contribution >= 0.6 is 11.6 Å². The number of carbonyl (C=O) groups is 1. The molecule has 1 heterocycles. The van der Waals surface area contributed by atoms with Gasteiger partial charge in [0.25, 0.3) is 5.91 Å². The number of carbonyl (C=O) groups excluding carboxylic acids is 1. The highest BCUT2D eigenvalue weighted by molar-refractivity contribution is 6.35. The van der Waals surface area contributed by atoms with E-state index in [1.165, 1.54) is 0 Å². The van der Waals surface area contributed by atoms with Crippen LogP contribution in [0.4, 0.5) is 0 Å². The maximum absolute atomic E-state index is 12.4. The number of halogens is 1. The fraction of sp³-hybridized carbons (Fsp3) is 0. The Morgan fingerprint density at radius 3 is 2.50 bits per heavy atom. The number of fused-ring (bicyclic) bond motifs is 1. The number of rotatable bonds is 1. The zero-order chi connectivity index (χ0) is 12.5. The molecule has 0 saturated heterocycles. The van der Waals surface area contributed by atoms with Gasteiger partial charge in [0.05, 0.1) is 5.52 Å². The number of nitrogens with zero attached hydrogens (tertiary/aromatic N) is 1.